The van der Waals surface area contributed by atoms with E-state index in [1.165, 1.54) is 19.3 Å². The second-order valence-electron chi connectivity index (χ2n) is 6.75. The highest BCUT2D eigenvalue weighted by atomic mass is 16.5. The van der Waals surface area contributed by atoms with Gasteiger partial charge in [0.25, 0.3) is 0 Å². The highest BCUT2D eigenvalue weighted by molar-refractivity contribution is 5.94. The predicted molar refractivity (Wildman–Crippen MR) is 99.2 cm³/mol. The van der Waals surface area contributed by atoms with Gasteiger partial charge in [0.05, 0.1) is 26.5 Å². The molecule has 1 aliphatic rings. The SMILES string of the molecule is COc1ccc(OC)c(NC(N)=NCC(C)(C)N2CCCCC2)c1. The Morgan fingerprint density at radius 2 is 1.92 bits per heavy atom. The maximum atomic E-state index is 6.08. The van der Waals surface area contributed by atoms with Crippen molar-refractivity contribution in [2.75, 3.05) is 39.2 Å². The van der Waals surface area contributed by atoms with Gasteiger partial charge in [-0.15, -0.1) is 0 Å². The topological polar surface area (TPSA) is 72.1 Å². The van der Waals surface area contributed by atoms with Crippen LogP contribution in [0, 0.1) is 0 Å². The standard InChI is InChI=1S/C18H30N4O2/c1-18(2,22-10-6-5-7-11-22)13-20-17(19)21-15-12-14(23-3)8-9-16(15)24-4/h8-9,12H,5-7,10-11,13H2,1-4H3,(H3,19,20,21). The molecule has 0 aromatic heterocycles. The summed E-state index contributed by atoms with van der Waals surface area (Å²) in [6, 6.07) is 5.53. The van der Waals surface area contributed by atoms with Crippen LogP contribution in [-0.2, 0) is 0 Å². The summed E-state index contributed by atoms with van der Waals surface area (Å²) in [4.78, 5) is 7.04. The number of aliphatic imine (C=N–C) groups is 1. The van der Waals surface area contributed by atoms with Crippen molar-refractivity contribution in [1.82, 2.24) is 4.90 Å². The number of benzene rings is 1. The van der Waals surface area contributed by atoms with Gasteiger partial charge in [0.2, 0.25) is 0 Å². The van der Waals surface area contributed by atoms with E-state index in [1.54, 1.807) is 14.2 Å². The average Bonchev–Trinajstić information content (AvgIpc) is 2.60. The molecule has 6 heteroatoms. The van der Waals surface area contributed by atoms with Crippen molar-refractivity contribution < 1.29 is 9.47 Å². The zero-order valence-electron chi connectivity index (χ0n) is 15.3. The largest absolute Gasteiger partial charge is 0.497 e. The molecule has 1 aromatic rings. The number of anilines is 1. The van der Waals surface area contributed by atoms with Gasteiger partial charge in [-0.05, 0) is 51.9 Å². The minimum atomic E-state index is 0.00514. The molecule has 1 aromatic carbocycles. The fraction of sp³-hybridized carbons (Fsp3) is 0.611. The van der Waals surface area contributed by atoms with Crippen LogP contribution in [-0.4, -0.2) is 50.3 Å². The molecule has 2 rings (SSSR count). The Morgan fingerprint density at radius 1 is 1.21 bits per heavy atom. The summed E-state index contributed by atoms with van der Waals surface area (Å²) < 4.78 is 10.6. The maximum absolute atomic E-state index is 6.08. The number of ether oxygens (including phenoxy) is 2. The predicted octanol–water partition coefficient (Wildman–Crippen LogP) is 2.69. The van der Waals surface area contributed by atoms with Crippen LogP contribution in [0.4, 0.5) is 5.69 Å². The molecule has 134 valence electrons. The number of piperidine rings is 1. The summed E-state index contributed by atoms with van der Waals surface area (Å²) >= 11 is 0. The summed E-state index contributed by atoms with van der Waals surface area (Å²) in [6.45, 7) is 7.37. The van der Waals surface area contributed by atoms with E-state index in [1.807, 2.05) is 18.2 Å². The Hall–Kier alpha value is -1.95. The van der Waals surface area contributed by atoms with E-state index in [-0.39, 0.29) is 5.54 Å². The van der Waals surface area contributed by atoms with Gasteiger partial charge in [0.1, 0.15) is 11.5 Å². The first-order valence-electron chi connectivity index (χ1n) is 8.50. The van der Waals surface area contributed by atoms with Crippen molar-refractivity contribution in [2.45, 2.75) is 38.6 Å². The Balaban J connectivity index is 2.03. The van der Waals surface area contributed by atoms with Gasteiger partial charge in [-0.2, -0.15) is 0 Å². The first-order chi connectivity index (χ1) is 11.5. The van der Waals surface area contributed by atoms with Gasteiger partial charge >= 0.3 is 0 Å². The number of hydrogen-bond donors (Lipinski definition) is 2. The number of likely N-dealkylation sites (tertiary alicyclic amines) is 1. The lowest BCUT2D eigenvalue weighted by atomic mass is 9.99. The molecule has 0 atom stereocenters. The molecular formula is C18H30N4O2. The normalized spacial score (nSPS) is 16.8. The minimum Gasteiger partial charge on any atom is -0.497 e. The number of rotatable bonds is 6. The van der Waals surface area contributed by atoms with Crippen LogP contribution in [0.1, 0.15) is 33.1 Å². The van der Waals surface area contributed by atoms with E-state index in [0.717, 1.165) is 24.5 Å². The number of hydrogen-bond acceptors (Lipinski definition) is 4. The monoisotopic (exact) mass is 334 g/mol. The van der Waals surface area contributed by atoms with E-state index < -0.39 is 0 Å². The molecule has 1 heterocycles. The van der Waals surface area contributed by atoms with Crippen LogP contribution < -0.4 is 20.5 Å². The zero-order chi connectivity index (χ0) is 17.6. The second-order valence-corrected chi connectivity index (χ2v) is 6.75. The number of nitrogens with two attached hydrogens (primary N) is 1. The van der Waals surface area contributed by atoms with E-state index in [4.69, 9.17) is 15.2 Å². The van der Waals surface area contributed by atoms with E-state index >= 15 is 0 Å². The van der Waals surface area contributed by atoms with E-state index in [0.29, 0.717) is 18.3 Å². The van der Waals surface area contributed by atoms with Crippen molar-refractivity contribution in [3.05, 3.63) is 18.2 Å². The van der Waals surface area contributed by atoms with Crippen molar-refractivity contribution in [3.8, 4) is 11.5 Å². The number of methoxy groups -OCH3 is 2. The Morgan fingerprint density at radius 3 is 2.54 bits per heavy atom. The zero-order valence-corrected chi connectivity index (χ0v) is 15.3. The van der Waals surface area contributed by atoms with Crippen molar-refractivity contribution in [2.24, 2.45) is 10.7 Å². The quantitative estimate of drug-likeness (QED) is 0.618. The third-order valence-electron chi connectivity index (χ3n) is 4.52. The molecule has 0 aliphatic carbocycles. The smallest absolute Gasteiger partial charge is 0.193 e. The molecule has 24 heavy (non-hydrogen) atoms. The van der Waals surface area contributed by atoms with Crippen LogP contribution in [0.2, 0.25) is 0 Å². The highest BCUT2D eigenvalue weighted by Gasteiger charge is 2.27. The lowest BCUT2D eigenvalue weighted by molar-refractivity contribution is 0.102. The first-order valence-corrected chi connectivity index (χ1v) is 8.50. The van der Waals surface area contributed by atoms with Gasteiger partial charge in [-0.3, -0.25) is 9.89 Å². The third kappa shape index (κ3) is 4.77. The molecule has 0 bridgehead atoms. The van der Waals surface area contributed by atoms with E-state index in [2.05, 4.69) is 29.1 Å². The Kier molecular flexibility index (Phi) is 6.31. The van der Waals surface area contributed by atoms with Crippen LogP contribution in [0.15, 0.2) is 23.2 Å². The van der Waals surface area contributed by atoms with Crippen molar-refractivity contribution in [3.63, 3.8) is 0 Å². The minimum absolute atomic E-state index is 0.00514. The lowest BCUT2D eigenvalue weighted by Gasteiger charge is -2.40. The van der Waals surface area contributed by atoms with Crippen molar-refractivity contribution in [1.29, 1.82) is 0 Å². The Bertz CT molecular complexity index is 566. The number of nitrogens with one attached hydrogen (secondary N) is 1. The fourth-order valence-corrected chi connectivity index (χ4v) is 2.97. The summed E-state index contributed by atoms with van der Waals surface area (Å²) in [5.74, 6) is 1.82. The van der Waals surface area contributed by atoms with Crippen LogP contribution in [0.5, 0.6) is 11.5 Å². The lowest BCUT2D eigenvalue weighted by Crippen LogP contribution is -2.49. The van der Waals surface area contributed by atoms with Gasteiger partial charge in [0.15, 0.2) is 5.96 Å². The maximum Gasteiger partial charge on any atom is 0.193 e. The average molecular weight is 334 g/mol. The number of nitrogens with zero attached hydrogens (tertiary/aromatic N) is 2. The van der Waals surface area contributed by atoms with Gasteiger partial charge in [0, 0.05) is 11.6 Å². The summed E-state index contributed by atoms with van der Waals surface area (Å²) in [5, 5.41) is 3.12. The van der Waals surface area contributed by atoms with Crippen LogP contribution in [0.25, 0.3) is 0 Å². The van der Waals surface area contributed by atoms with Crippen LogP contribution in [0.3, 0.4) is 0 Å². The third-order valence-corrected chi connectivity index (χ3v) is 4.52. The molecular weight excluding hydrogens is 304 g/mol. The number of guanidine groups is 1. The molecule has 0 amide bonds. The fourth-order valence-electron chi connectivity index (χ4n) is 2.97. The highest BCUT2D eigenvalue weighted by Crippen LogP contribution is 2.28. The Labute approximate surface area is 145 Å². The molecule has 0 saturated carbocycles. The molecule has 0 spiro atoms. The molecule has 1 fully saturated rings. The van der Waals surface area contributed by atoms with Crippen molar-refractivity contribution >= 4 is 11.6 Å². The molecule has 0 unspecified atom stereocenters. The van der Waals surface area contributed by atoms with Crippen LogP contribution >= 0.6 is 0 Å². The summed E-state index contributed by atoms with van der Waals surface area (Å²) in [5.41, 5.74) is 6.83. The summed E-state index contributed by atoms with van der Waals surface area (Å²) in [6.07, 6.45) is 3.86. The molecule has 3 N–H and O–H groups in total. The first kappa shape index (κ1) is 18.4. The van der Waals surface area contributed by atoms with Gasteiger partial charge in [-0.1, -0.05) is 6.42 Å². The van der Waals surface area contributed by atoms with Gasteiger partial charge < -0.3 is 20.5 Å². The molecule has 6 nitrogen and oxygen atoms in total. The summed E-state index contributed by atoms with van der Waals surface area (Å²) in [7, 11) is 3.25. The van der Waals surface area contributed by atoms with Gasteiger partial charge in [-0.25, -0.2) is 0 Å². The second kappa shape index (κ2) is 8.24. The molecule has 1 saturated heterocycles. The molecule has 0 radical (unpaired) electrons. The molecule has 1 aliphatic heterocycles. The van der Waals surface area contributed by atoms with E-state index in [9.17, 15) is 0 Å².